The lowest BCUT2D eigenvalue weighted by Crippen LogP contribution is -1.95. The summed E-state index contributed by atoms with van der Waals surface area (Å²) >= 11 is 9.46. The highest BCUT2D eigenvalue weighted by Gasteiger charge is 2.17. The van der Waals surface area contributed by atoms with E-state index in [2.05, 4.69) is 46.7 Å². The van der Waals surface area contributed by atoms with E-state index < -0.39 is 0 Å². The van der Waals surface area contributed by atoms with E-state index >= 15 is 0 Å². The van der Waals surface area contributed by atoms with Gasteiger partial charge in [0.2, 0.25) is 0 Å². The van der Waals surface area contributed by atoms with Crippen molar-refractivity contribution >= 4 is 56.4 Å². The van der Waals surface area contributed by atoms with Crippen molar-refractivity contribution in [2.24, 2.45) is 0 Å². The summed E-state index contributed by atoms with van der Waals surface area (Å²) < 4.78 is 0. The Morgan fingerprint density at radius 1 is 1.08 bits per heavy atom. The molecule has 3 nitrogen and oxygen atoms in total. The van der Waals surface area contributed by atoms with Gasteiger partial charge in [-0.15, -0.1) is 23.1 Å². The van der Waals surface area contributed by atoms with Crippen molar-refractivity contribution in [1.82, 2.24) is 9.97 Å². The van der Waals surface area contributed by atoms with Gasteiger partial charge in [-0.05, 0) is 49.1 Å². The van der Waals surface area contributed by atoms with Gasteiger partial charge < -0.3 is 5.32 Å². The summed E-state index contributed by atoms with van der Waals surface area (Å²) in [5.41, 5.74) is 3.29. The SMILES string of the molecule is CSc1cccc(Nc2ncnc3sc(C)c(-c4ccc(Cl)cc4)c23)c1. The minimum atomic E-state index is 0.731. The fourth-order valence-electron chi connectivity index (χ4n) is 2.94. The average Bonchev–Trinajstić information content (AvgIpc) is 2.99. The third-order valence-corrected chi connectivity index (χ3v) is 6.12. The number of nitrogens with zero attached hydrogens (tertiary/aromatic N) is 2. The number of hydrogen-bond acceptors (Lipinski definition) is 5. The van der Waals surface area contributed by atoms with Crippen LogP contribution in [0.15, 0.2) is 59.8 Å². The fraction of sp³-hybridized carbons (Fsp3) is 0.100. The molecule has 130 valence electrons. The molecule has 6 heteroatoms. The van der Waals surface area contributed by atoms with Crippen molar-refractivity contribution in [3.63, 3.8) is 0 Å². The number of hydrogen-bond donors (Lipinski definition) is 1. The lowest BCUT2D eigenvalue weighted by Gasteiger charge is -2.10. The number of halogens is 1. The van der Waals surface area contributed by atoms with Crippen LogP contribution in [-0.4, -0.2) is 16.2 Å². The Bertz CT molecular complexity index is 1070. The number of anilines is 2. The van der Waals surface area contributed by atoms with Crippen LogP contribution in [0, 0.1) is 6.92 Å². The Kier molecular flexibility index (Phi) is 4.85. The van der Waals surface area contributed by atoms with Gasteiger partial charge in [-0.2, -0.15) is 0 Å². The molecule has 0 fully saturated rings. The van der Waals surface area contributed by atoms with E-state index in [1.807, 2.05) is 30.3 Å². The number of rotatable bonds is 4. The van der Waals surface area contributed by atoms with Gasteiger partial charge in [-0.1, -0.05) is 29.8 Å². The third kappa shape index (κ3) is 3.30. The Morgan fingerprint density at radius 2 is 1.88 bits per heavy atom. The molecule has 0 amide bonds. The number of aromatic nitrogens is 2. The van der Waals surface area contributed by atoms with E-state index in [4.69, 9.17) is 11.6 Å². The summed E-state index contributed by atoms with van der Waals surface area (Å²) in [7, 11) is 0. The molecule has 0 saturated heterocycles. The minimum Gasteiger partial charge on any atom is -0.340 e. The summed E-state index contributed by atoms with van der Waals surface area (Å²) in [5, 5.41) is 5.25. The summed E-state index contributed by atoms with van der Waals surface area (Å²) in [4.78, 5) is 12.4. The number of nitrogens with one attached hydrogen (secondary N) is 1. The molecule has 1 N–H and O–H groups in total. The Labute approximate surface area is 165 Å². The molecule has 0 aliphatic rings. The molecule has 0 aliphatic carbocycles. The van der Waals surface area contributed by atoms with Crippen LogP contribution >= 0.6 is 34.7 Å². The summed E-state index contributed by atoms with van der Waals surface area (Å²) in [6, 6.07) is 16.2. The quantitative estimate of drug-likeness (QED) is 0.385. The summed E-state index contributed by atoms with van der Waals surface area (Å²) in [6.45, 7) is 2.12. The molecule has 0 spiro atoms. The molecule has 0 unspecified atom stereocenters. The molecule has 0 bridgehead atoms. The van der Waals surface area contributed by atoms with E-state index in [9.17, 15) is 0 Å². The zero-order valence-corrected chi connectivity index (χ0v) is 16.7. The molecule has 0 atom stereocenters. The molecule has 0 saturated carbocycles. The lowest BCUT2D eigenvalue weighted by atomic mass is 10.0. The fourth-order valence-corrected chi connectivity index (χ4v) is 4.54. The van der Waals surface area contributed by atoms with Gasteiger partial charge >= 0.3 is 0 Å². The zero-order valence-electron chi connectivity index (χ0n) is 14.3. The van der Waals surface area contributed by atoms with Crippen LogP contribution in [0.3, 0.4) is 0 Å². The van der Waals surface area contributed by atoms with Crippen molar-refractivity contribution in [3.8, 4) is 11.1 Å². The summed E-state index contributed by atoms with van der Waals surface area (Å²) in [5.74, 6) is 0.822. The van der Waals surface area contributed by atoms with Gasteiger partial charge in [-0.25, -0.2) is 9.97 Å². The molecule has 2 aromatic carbocycles. The van der Waals surface area contributed by atoms with Crippen LogP contribution in [-0.2, 0) is 0 Å². The maximum atomic E-state index is 6.06. The van der Waals surface area contributed by atoms with E-state index in [1.165, 1.54) is 9.77 Å². The highest BCUT2D eigenvalue weighted by molar-refractivity contribution is 7.98. The van der Waals surface area contributed by atoms with Crippen molar-refractivity contribution in [3.05, 3.63) is 64.8 Å². The molecular formula is C20H16ClN3S2. The van der Waals surface area contributed by atoms with Crippen LogP contribution in [0.1, 0.15) is 4.88 Å². The average molecular weight is 398 g/mol. The number of aryl methyl sites for hydroxylation is 1. The van der Waals surface area contributed by atoms with Gasteiger partial charge in [0.25, 0.3) is 0 Å². The molecule has 0 aliphatic heterocycles. The first-order valence-electron chi connectivity index (χ1n) is 8.07. The number of benzene rings is 2. The van der Waals surface area contributed by atoms with E-state index in [1.54, 1.807) is 29.4 Å². The first kappa shape index (κ1) is 17.3. The molecular weight excluding hydrogens is 382 g/mol. The van der Waals surface area contributed by atoms with Crippen LogP contribution in [0.5, 0.6) is 0 Å². The topological polar surface area (TPSA) is 37.8 Å². The standard InChI is InChI=1S/C20H16ClN3S2/c1-12-17(13-6-8-14(21)9-7-13)18-19(22-11-23-20(18)26-12)24-15-4-3-5-16(10-15)25-2/h3-11H,1-2H3,(H,22,23,24). The predicted molar refractivity (Wildman–Crippen MR) is 114 cm³/mol. The second-order valence-corrected chi connectivity index (χ2v) is 8.32. The lowest BCUT2D eigenvalue weighted by molar-refractivity contribution is 1.23. The second kappa shape index (κ2) is 7.27. The maximum absolute atomic E-state index is 6.06. The normalized spacial score (nSPS) is 11.0. The summed E-state index contributed by atoms with van der Waals surface area (Å²) in [6.07, 6.45) is 3.69. The van der Waals surface area contributed by atoms with Crippen molar-refractivity contribution < 1.29 is 0 Å². The largest absolute Gasteiger partial charge is 0.340 e. The Hall–Kier alpha value is -2.08. The number of thiophene rings is 1. The van der Waals surface area contributed by atoms with Crippen LogP contribution in [0.2, 0.25) is 5.02 Å². The molecule has 26 heavy (non-hydrogen) atoms. The Morgan fingerprint density at radius 3 is 2.65 bits per heavy atom. The van der Waals surface area contributed by atoms with Gasteiger partial charge in [0.1, 0.15) is 17.0 Å². The maximum Gasteiger partial charge on any atom is 0.143 e. The number of fused-ring (bicyclic) bond motifs is 1. The van der Waals surface area contributed by atoms with Gasteiger partial charge in [0.05, 0.1) is 5.39 Å². The highest BCUT2D eigenvalue weighted by Crippen LogP contribution is 2.41. The molecule has 0 radical (unpaired) electrons. The van der Waals surface area contributed by atoms with Crippen molar-refractivity contribution in [1.29, 1.82) is 0 Å². The van der Waals surface area contributed by atoms with Crippen LogP contribution < -0.4 is 5.32 Å². The zero-order chi connectivity index (χ0) is 18.1. The van der Waals surface area contributed by atoms with Crippen molar-refractivity contribution in [2.75, 3.05) is 11.6 Å². The van der Waals surface area contributed by atoms with Crippen LogP contribution in [0.25, 0.3) is 21.3 Å². The minimum absolute atomic E-state index is 0.731. The third-order valence-electron chi connectivity index (χ3n) is 4.13. The van der Waals surface area contributed by atoms with Crippen molar-refractivity contribution in [2.45, 2.75) is 11.8 Å². The van der Waals surface area contributed by atoms with E-state index in [0.717, 1.165) is 37.9 Å². The predicted octanol–water partition coefficient (Wildman–Crippen LogP) is 6.79. The molecule has 2 heterocycles. The smallest absolute Gasteiger partial charge is 0.143 e. The van der Waals surface area contributed by atoms with Gasteiger partial charge in [-0.3, -0.25) is 0 Å². The highest BCUT2D eigenvalue weighted by atomic mass is 35.5. The molecule has 4 aromatic rings. The van der Waals surface area contributed by atoms with E-state index in [0.29, 0.717) is 0 Å². The first-order valence-corrected chi connectivity index (χ1v) is 10.5. The Balaban J connectivity index is 1.86. The molecule has 4 rings (SSSR count). The van der Waals surface area contributed by atoms with Crippen LogP contribution in [0.4, 0.5) is 11.5 Å². The van der Waals surface area contributed by atoms with E-state index in [-0.39, 0.29) is 0 Å². The van der Waals surface area contributed by atoms with Gasteiger partial charge in [0, 0.05) is 26.0 Å². The molecule has 2 aromatic heterocycles. The monoisotopic (exact) mass is 397 g/mol. The van der Waals surface area contributed by atoms with Gasteiger partial charge in [0.15, 0.2) is 0 Å². The first-order chi connectivity index (χ1) is 12.7. The number of thioether (sulfide) groups is 1. The second-order valence-electron chi connectivity index (χ2n) is 5.80.